The van der Waals surface area contributed by atoms with Crippen molar-refractivity contribution < 1.29 is 4.42 Å². The van der Waals surface area contributed by atoms with Crippen LogP contribution in [-0.4, -0.2) is 24.1 Å². The first-order chi connectivity index (χ1) is 29.2. The molecular weight excluding hydrogens is 723 g/mol. The predicted octanol–water partition coefficient (Wildman–Crippen LogP) is 13.6. The third kappa shape index (κ3) is 4.71. The normalized spacial score (nSPS) is 12.1. The van der Waals surface area contributed by atoms with Gasteiger partial charge in [0.2, 0.25) is 5.95 Å². The number of para-hydroxylation sites is 3. The minimum Gasteiger partial charge on any atom is -0.456 e. The maximum absolute atomic E-state index is 6.22. The van der Waals surface area contributed by atoms with Crippen molar-refractivity contribution in [1.29, 1.82) is 0 Å². The molecule has 0 bridgehead atoms. The monoisotopic (exact) mass is 753 g/mol. The molecule has 4 heterocycles. The van der Waals surface area contributed by atoms with Crippen molar-refractivity contribution in [3.8, 4) is 34.4 Å². The van der Waals surface area contributed by atoms with Crippen LogP contribution in [0.2, 0.25) is 0 Å². The fraction of sp³-hybridized carbons (Fsp3) is 0. The first kappa shape index (κ1) is 32.0. The van der Waals surface area contributed by atoms with Crippen LogP contribution in [0.3, 0.4) is 0 Å². The number of fused-ring (bicyclic) bond motifs is 13. The van der Waals surface area contributed by atoms with Crippen LogP contribution in [0, 0.1) is 0 Å². The molecule has 0 aliphatic rings. The Hall–Kier alpha value is -8.09. The zero-order valence-electron chi connectivity index (χ0n) is 31.5. The summed E-state index contributed by atoms with van der Waals surface area (Å²) in [6.07, 6.45) is 0. The van der Waals surface area contributed by atoms with Crippen LogP contribution in [0.25, 0.3) is 122 Å². The Morgan fingerprint density at radius 1 is 0.339 bits per heavy atom. The minimum absolute atomic E-state index is 0.560. The Labute approximate surface area is 336 Å². The van der Waals surface area contributed by atoms with Crippen molar-refractivity contribution >= 4 is 87.1 Å². The van der Waals surface area contributed by atoms with Gasteiger partial charge in [-0.05, 0) is 76.1 Å². The van der Waals surface area contributed by atoms with Gasteiger partial charge < -0.3 is 8.98 Å². The molecule has 0 atom stereocenters. The molecular formula is C53H31N5O. The number of hydrogen-bond acceptors (Lipinski definition) is 4. The van der Waals surface area contributed by atoms with Crippen molar-refractivity contribution in [3.63, 3.8) is 0 Å². The maximum Gasteiger partial charge on any atom is 0.238 e. The third-order valence-corrected chi connectivity index (χ3v) is 11.9. The Morgan fingerprint density at radius 3 is 1.78 bits per heavy atom. The van der Waals surface area contributed by atoms with Gasteiger partial charge in [-0.2, -0.15) is 9.97 Å². The summed E-state index contributed by atoms with van der Waals surface area (Å²) in [5.41, 5.74) is 9.08. The Morgan fingerprint density at radius 2 is 0.966 bits per heavy atom. The van der Waals surface area contributed by atoms with E-state index in [2.05, 4.69) is 167 Å². The second kappa shape index (κ2) is 12.2. The highest BCUT2D eigenvalue weighted by atomic mass is 16.3. The predicted molar refractivity (Wildman–Crippen MR) is 242 cm³/mol. The zero-order chi connectivity index (χ0) is 38.6. The molecule has 0 radical (unpaired) electrons. The Kier molecular flexibility index (Phi) is 6.63. The first-order valence-electron chi connectivity index (χ1n) is 19.9. The molecule has 0 saturated carbocycles. The summed E-state index contributed by atoms with van der Waals surface area (Å²) in [7, 11) is 0. The van der Waals surface area contributed by atoms with E-state index in [1.54, 1.807) is 0 Å². The van der Waals surface area contributed by atoms with Crippen LogP contribution in [-0.2, 0) is 0 Å². The lowest BCUT2D eigenvalue weighted by Gasteiger charge is -2.12. The number of furan rings is 1. The lowest BCUT2D eigenvalue weighted by molar-refractivity contribution is 0.669. The summed E-state index contributed by atoms with van der Waals surface area (Å²) in [4.78, 5) is 15.7. The standard InChI is InChI=1S/C53H31N5O/c1-2-13-33(14-3-1)51-54-52(35-22-26-38-34(30-35)24-29-48-50(38)41-18-8-11-21-47(41)59-48)56-53(55-51)58-45-28-25-36(31-42(45)49-37-15-5-4-12-32(37)23-27-46(49)58)57-43-19-9-6-16-39(43)40-17-7-10-20-44(40)57/h1-31H. The second-order valence-electron chi connectivity index (χ2n) is 15.2. The van der Waals surface area contributed by atoms with Gasteiger partial charge in [0.25, 0.3) is 0 Å². The van der Waals surface area contributed by atoms with Gasteiger partial charge >= 0.3 is 0 Å². The number of rotatable bonds is 4. The summed E-state index contributed by atoms with van der Waals surface area (Å²) < 4.78 is 10.8. The van der Waals surface area contributed by atoms with Crippen LogP contribution in [0.15, 0.2) is 192 Å². The van der Waals surface area contributed by atoms with E-state index in [-0.39, 0.29) is 0 Å². The van der Waals surface area contributed by atoms with Crippen molar-refractivity contribution in [2.24, 2.45) is 0 Å². The lowest BCUT2D eigenvalue weighted by atomic mass is 10.0. The highest BCUT2D eigenvalue weighted by Gasteiger charge is 2.21. The zero-order valence-corrected chi connectivity index (χ0v) is 31.5. The van der Waals surface area contributed by atoms with Gasteiger partial charge in [0.05, 0.1) is 22.1 Å². The summed E-state index contributed by atoms with van der Waals surface area (Å²) in [5, 5.41) is 11.5. The van der Waals surface area contributed by atoms with Gasteiger partial charge in [-0.3, -0.25) is 4.57 Å². The number of nitrogens with zero attached hydrogens (tertiary/aromatic N) is 5. The molecule has 0 fully saturated rings. The van der Waals surface area contributed by atoms with E-state index in [0.29, 0.717) is 17.6 Å². The van der Waals surface area contributed by atoms with E-state index in [0.717, 1.165) is 71.3 Å². The molecule has 0 saturated heterocycles. The van der Waals surface area contributed by atoms with Crippen molar-refractivity contribution in [1.82, 2.24) is 24.1 Å². The van der Waals surface area contributed by atoms with E-state index in [1.807, 2.05) is 30.3 Å². The van der Waals surface area contributed by atoms with E-state index in [9.17, 15) is 0 Å². The van der Waals surface area contributed by atoms with Crippen LogP contribution < -0.4 is 0 Å². The smallest absolute Gasteiger partial charge is 0.238 e. The van der Waals surface area contributed by atoms with Gasteiger partial charge in [0, 0.05) is 49.1 Å². The number of benzene rings is 9. The van der Waals surface area contributed by atoms with Crippen molar-refractivity contribution in [3.05, 3.63) is 188 Å². The van der Waals surface area contributed by atoms with Crippen molar-refractivity contribution in [2.45, 2.75) is 0 Å². The van der Waals surface area contributed by atoms with Gasteiger partial charge in [-0.1, -0.05) is 133 Å². The van der Waals surface area contributed by atoms with E-state index < -0.39 is 0 Å². The summed E-state index contributed by atoms with van der Waals surface area (Å²) in [6.45, 7) is 0. The van der Waals surface area contributed by atoms with Gasteiger partial charge in [0.1, 0.15) is 11.2 Å². The fourth-order valence-electron chi connectivity index (χ4n) is 9.34. The third-order valence-electron chi connectivity index (χ3n) is 11.9. The molecule has 6 nitrogen and oxygen atoms in total. The highest BCUT2D eigenvalue weighted by molar-refractivity contribution is 6.22. The SMILES string of the molecule is c1ccc(-c2nc(-c3ccc4c(ccc5oc6ccccc6c54)c3)nc(-n3c4ccc(-n5c6ccccc6c6ccccc65)cc4c4c5ccccc5ccc43)n2)cc1. The van der Waals surface area contributed by atoms with Gasteiger partial charge in [-0.15, -0.1) is 0 Å². The topological polar surface area (TPSA) is 61.7 Å². The first-order valence-corrected chi connectivity index (χ1v) is 19.9. The van der Waals surface area contributed by atoms with Crippen LogP contribution >= 0.6 is 0 Å². The average molecular weight is 754 g/mol. The molecule has 59 heavy (non-hydrogen) atoms. The lowest BCUT2D eigenvalue weighted by Crippen LogP contribution is -2.06. The van der Waals surface area contributed by atoms with Gasteiger partial charge in [-0.25, -0.2) is 4.98 Å². The van der Waals surface area contributed by atoms with Crippen LogP contribution in [0.4, 0.5) is 0 Å². The molecule has 13 aromatic rings. The molecule has 6 heteroatoms. The van der Waals surface area contributed by atoms with Gasteiger partial charge in [0.15, 0.2) is 11.6 Å². The largest absolute Gasteiger partial charge is 0.456 e. The summed E-state index contributed by atoms with van der Waals surface area (Å²) in [6, 6.07) is 66.2. The quantitative estimate of drug-likeness (QED) is 0.180. The maximum atomic E-state index is 6.22. The summed E-state index contributed by atoms with van der Waals surface area (Å²) in [5.74, 6) is 1.77. The molecule has 0 unspecified atom stereocenters. The van der Waals surface area contributed by atoms with E-state index in [4.69, 9.17) is 19.4 Å². The van der Waals surface area contributed by atoms with E-state index in [1.165, 1.54) is 32.6 Å². The second-order valence-corrected chi connectivity index (χ2v) is 15.2. The van der Waals surface area contributed by atoms with E-state index >= 15 is 0 Å². The molecule has 4 aromatic heterocycles. The molecule has 0 aliphatic heterocycles. The van der Waals surface area contributed by atoms with Crippen LogP contribution in [0.1, 0.15) is 0 Å². The summed E-state index contributed by atoms with van der Waals surface area (Å²) >= 11 is 0. The van der Waals surface area contributed by atoms with Crippen molar-refractivity contribution in [2.75, 3.05) is 0 Å². The fourth-order valence-corrected chi connectivity index (χ4v) is 9.34. The average Bonchev–Trinajstić information content (AvgIpc) is 3.97. The van der Waals surface area contributed by atoms with Crippen LogP contribution in [0.5, 0.6) is 0 Å². The molecule has 0 aliphatic carbocycles. The highest BCUT2D eigenvalue weighted by Crippen LogP contribution is 2.40. The number of aromatic nitrogens is 5. The molecule has 0 N–H and O–H groups in total. The Balaban J connectivity index is 1.08. The minimum atomic E-state index is 0.560. The Bertz CT molecular complexity index is 3800. The molecule has 0 amide bonds. The molecule has 274 valence electrons. The molecule has 0 spiro atoms. The molecule has 13 rings (SSSR count). The number of hydrogen-bond donors (Lipinski definition) is 0. The molecule has 9 aromatic carbocycles.